The second-order valence-corrected chi connectivity index (χ2v) is 8.02. The Bertz CT molecular complexity index is 1190. The quantitative estimate of drug-likeness (QED) is 0.518. The Morgan fingerprint density at radius 3 is 2.61 bits per heavy atom. The van der Waals surface area contributed by atoms with Crippen molar-refractivity contribution in [2.24, 2.45) is 0 Å². The van der Waals surface area contributed by atoms with Crippen LogP contribution in [-0.4, -0.2) is 15.7 Å². The summed E-state index contributed by atoms with van der Waals surface area (Å²) in [5.41, 5.74) is 4.98. The van der Waals surface area contributed by atoms with Crippen molar-refractivity contribution in [3.63, 3.8) is 0 Å². The molecule has 0 bridgehead atoms. The molecule has 5 rings (SSSR count). The summed E-state index contributed by atoms with van der Waals surface area (Å²) in [6, 6.07) is 22.1. The van der Waals surface area contributed by atoms with Crippen molar-refractivity contribution < 1.29 is 4.79 Å². The molecule has 2 heterocycles. The van der Waals surface area contributed by atoms with E-state index in [1.165, 1.54) is 5.56 Å². The number of benzene rings is 3. The van der Waals surface area contributed by atoms with Crippen molar-refractivity contribution in [1.29, 1.82) is 0 Å². The third-order valence-electron chi connectivity index (χ3n) is 5.07. The van der Waals surface area contributed by atoms with E-state index in [-0.39, 0.29) is 5.91 Å². The normalized spacial score (nSPS) is 12.9. The van der Waals surface area contributed by atoms with Crippen molar-refractivity contribution in [2.75, 3.05) is 5.32 Å². The first kappa shape index (κ1) is 17.1. The molecule has 0 fully saturated rings. The molecule has 138 valence electrons. The van der Waals surface area contributed by atoms with E-state index in [4.69, 9.17) is 5.10 Å². The molecule has 0 saturated heterocycles. The summed E-state index contributed by atoms with van der Waals surface area (Å²) in [5, 5.41) is 10.1. The maximum Gasteiger partial charge on any atom is 0.256 e. The fraction of sp³-hybridized carbons (Fsp3) is 0.130. The number of nitrogens with one attached hydrogen (secondary N) is 1. The molecule has 0 spiro atoms. The van der Waals surface area contributed by atoms with Gasteiger partial charge in [0.2, 0.25) is 0 Å². The monoisotopic (exact) mass is 385 g/mol. The van der Waals surface area contributed by atoms with Gasteiger partial charge >= 0.3 is 0 Å². The fourth-order valence-electron chi connectivity index (χ4n) is 3.52. The summed E-state index contributed by atoms with van der Waals surface area (Å²) in [4.78, 5) is 13.0. The molecular weight excluding hydrogens is 366 g/mol. The number of thioether (sulfide) groups is 1. The van der Waals surface area contributed by atoms with Crippen LogP contribution in [0.1, 0.15) is 27.2 Å². The van der Waals surface area contributed by atoms with Crippen LogP contribution < -0.4 is 5.32 Å². The predicted octanol–water partition coefficient (Wildman–Crippen LogP) is 5.33. The van der Waals surface area contributed by atoms with Gasteiger partial charge in [-0.05, 0) is 42.0 Å². The number of hydrogen-bond donors (Lipinski definition) is 1. The predicted molar refractivity (Wildman–Crippen MR) is 115 cm³/mol. The average molecular weight is 385 g/mol. The zero-order chi connectivity index (χ0) is 19.1. The van der Waals surface area contributed by atoms with Gasteiger partial charge in [-0.3, -0.25) is 4.79 Å². The Morgan fingerprint density at radius 1 is 1.00 bits per heavy atom. The SMILES string of the molecule is Cc1ccc(-n2nc3c(c2NC(=O)c2ccc4ccccc4c2)CSC3)cc1. The van der Waals surface area contributed by atoms with Crippen molar-refractivity contribution in [3.8, 4) is 5.69 Å². The van der Waals surface area contributed by atoms with E-state index in [0.717, 1.165) is 45.0 Å². The zero-order valence-electron chi connectivity index (χ0n) is 15.5. The Balaban J connectivity index is 1.53. The number of aryl methyl sites for hydroxylation is 1. The second-order valence-electron chi connectivity index (χ2n) is 7.03. The number of rotatable bonds is 3. The molecule has 1 N–H and O–H groups in total. The van der Waals surface area contributed by atoms with Crippen LogP contribution in [-0.2, 0) is 11.5 Å². The second kappa shape index (κ2) is 6.84. The van der Waals surface area contributed by atoms with Crippen molar-refractivity contribution in [3.05, 3.63) is 89.1 Å². The van der Waals surface area contributed by atoms with Gasteiger partial charge in [0.25, 0.3) is 5.91 Å². The molecule has 5 heteroatoms. The summed E-state index contributed by atoms with van der Waals surface area (Å²) in [6.07, 6.45) is 0. The van der Waals surface area contributed by atoms with E-state index >= 15 is 0 Å². The van der Waals surface area contributed by atoms with Crippen LogP contribution in [0.15, 0.2) is 66.7 Å². The van der Waals surface area contributed by atoms with Crippen molar-refractivity contribution in [2.45, 2.75) is 18.4 Å². The molecule has 4 aromatic rings. The lowest BCUT2D eigenvalue weighted by atomic mass is 10.1. The van der Waals surface area contributed by atoms with E-state index in [1.54, 1.807) is 0 Å². The molecule has 4 nitrogen and oxygen atoms in total. The third kappa shape index (κ3) is 2.98. The number of anilines is 1. The van der Waals surface area contributed by atoms with Crippen LogP contribution in [0.25, 0.3) is 16.5 Å². The molecule has 1 aliphatic heterocycles. The highest BCUT2D eigenvalue weighted by Crippen LogP contribution is 2.36. The molecule has 0 saturated carbocycles. The molecule has 0 atom stereocenters. The molecule has 0 radical (unpaired) electrons. The van der Waals surface area contributed by atoms with Crippen molar-refractivity contribution >= 4 is 34.3 Å². The average Bonchev–Trinajstić information content (AvgIpc) is 3.31. The van der Waals surface area contributed by atoms with E-state index in [2.05, 4.69) is 24.4 Å². The molecule has 28 heavy (non-hydrogen) atoms. The van der Waals surface area contributed by atoms with Gasteiger partial charge in [0.1, 0.15) is 5.82 Å². The van der Waals surface area contributed by atoms with Gasteiger partial charge in [-0.2, -0.15) is 16.9 Å². The molecule has 1 amide bonds. The largest absolute Gasteiger partial charge is 0.306 e. The van der Waals surface area contributed by atoms with E-state index in [9.17, 15) is 4.79 Å². The molecule has 3 aromatic carbocycles. The van der Waals surface area contributed by atoms with Crippen LogP contribution in [0.4, 0.5) is 5.82 Å². The lowest BCUT2D eigenvalue weighted by Gasteiger charge is -2.12. The van der Waals surface area contributed by atoms with E-state index in [1.807, 2.05) is 71.0 Å². The number of carbonyl (C=O) groups is 1. The number of fused-ring (bicyclic) bond motifs is 2. The maximum absolute atomic E-state index is 13.0. The zero-order valence-corrected chi connectivity index (χ0v) is 16.3. The van der Waals surface area contributed by atoms with Crippen LogP contribution in [0.5, 0.6) is 0 Å². The maximum atomic E-state index is 13.0. The number of nitrogens with zero attached hydrogens (tertiary/aromatic N) is 2. The van der Waals surface area contributed by atoms with E-state index < -0.39 is 0 Å². The highest BCUT2D eigenvalue weighted by molar-refractivity contribution is 7.98. The van der Waals surface area contributed by atoms with Gasteiger partial charge in [0.15, 0.2) is 0 Å². The van der Waals surface area contributed by atoms with Crippen LogP contribution >= 0.6 is 11.8 Å². The van der Waals surface area contributed by atoms with Gasteiger partial charge in [0, 0.05) is 22.6 Å². The Hall–Kier alpha value is -3.05. The lowest BCUT2D eigenvalue weighted by molar-refractivity contribution is 0.102. The first-order chi connectivity index (χ1) is 13.7. The molecule has 1 aromatic heterocycles. The van der Waals surface area contributed by atoms with Gasteiger partial charge in [0.05, 0.1) is 11.4 Å². The van der Waals surface area contributed by atoms with Crippen LogP contribution in [0.2, 0.25) is 0 Å². The Labute approximate surface area is 167 Å². The smallest absolute Gasteiger partial charge is 0.256 e. The minimum absolute atomic E-state index is 0.112. The van der Waals surface area contributed by atoms with Crippen molar-refractivity contribution in [1.82, 2.24) is 9.78 Å². The lowest BCUT2D eigenvalue weighted by Crippen LogP contribution is -2.16. The van der Waals surface area contributed by atoms with Gasteiger partial charge in [-0.15, -0.1) is 0 Å². The standard InChI is InChI=1S/C23H19N3OS/c1-15-6-10-19(11-7-15)26-22(20-13-28-14-21(20)25-26)24-23(27)18-9-8-16-4-2-3-5-17(16)12-18/h2-12H,13-14H2,1H3,(H,24,27). The number of carbonyl (C=O) groups excluding carboxylic acids is 1. The third-order valence-corrected chi connectivity index (χ3v) is 6.04. The topological polar surface area (TPSA) is 46.9 Å². The van der Waals surface area contributed by atoms with E-state index in [0.29, 0.717) is 5.56 Å². The van der Waals surface area contributed by atoms with Crippen LogP contribution in [0, 0.1) is 6.92 Å². The van der Waals surface area contributed by atoms with Gasteiger partial charge in [-0.25, -0.2) is 4.68 Å². The minimum atomic E-state index is -0.112. The Morgan fingerprint density at radius 2 is 1.79 bits per heavy atom. The first-order valence-corrected chi connectivity index (χ1v) is 10.4. The highest BCUT2D eigenvalue weighted by Gasteiger charge is 2.25. The van der Waals surface area contributed by atoms with Crippen LogP contribution in [0.3, 0.4) is 0 Å². The van der Waals surface area contributed by atoms with Gasteiger partial charge in [-0.1, -0.05) is 48.0 Å². The molecular formula is C23H19N3OS. The fourth-order valence-corrected chi connectivity index (χ4v) is 4.56. The Kier molecular flexibility index (Phi) is 4.17. The number of hydrogen-bond acceptors (Lipinski definition) is 3. The summed E-state index contributed by atoms with van der Waals surface area (Å²) < 4.78 is 1.86. The summed E-state index contributed by atoms with van der Waals surface area (Å²) >= 11 is 1.83. The molecule has 0 aliphatic carbocycles. The molecule has 0 unspecified atom stereocenters. The number of aromatic nitrogens is 2. The molecule has 1 aliphatic rings. The first-order valence-electron chi connectivity index (χ1n) is 9.25. The summed E-state index contributed by atoms with van der Waals surface area (Å²) in [5.74, 6) is 2.42. The number of amides is 1. The minimum Gasteiger partial charge on any atom is -0.306 e. The highest BCUT2D eigenvalue weighted by atomic mass is 32.2. The summed E-state index contributed by atoms with van der Waals surface area (Å²) in [6.45, 7) is 2.06. The summed E-state index contributed by atoms with van der Waals surface area (Å²) in [7, 11) is 0. The van der Waals surface area contributed by atoms with Gasteiger partial charge < -0.3 is 5.32 Å².